The van der Waals surface area contributed by atoms with Gasteiger partial charge in [-0.1, -0.05) is 30.3 Å². The summed E-state index contributed by atoms with van der Waals surface area (Å²) in [5.74, 6) is -4.54. The van der Waals surface area contributed by atoms with E-state index < -0.39 is 60.2 Å². The monoisotopic (exact) mass is 482 g/mol. The molecule has 4 unspecified atom stereocenters. The van der Waals surface area contributed by atoms with Crippen molar-refractivity contribution in [2.75, 3.05) is 12.0 Å². The minimum Gasteiger partial charge on any atom is -0.481 e. The van der Waals surface area contributed by atoms with Crippen molar-refractivity contribution in [1.82, 2.24) is 16.0 Å². The number of nitrogens with one attached hydrogen (secondary N) is 3. The predicted octanol–water partition coefficient (Wildman–Crippen LogP) is -0.657. The van der Waals surface area contributed by atoms with E-state index in [0.717, 1.165) is 0 Å². The number of hydrogen-bond acceptors (Lipinski definition) is 7. The molecular formula is C21H30N4O7S. The molecule has 0 radical (unpaired) electrons. The number of amides is 3. The number of carboxylic acids is 2. The number of rotatable bonds is 14. The van der Waals surface area contributed by atoms with Crippen LogP contribution in [0.25, 0.3) is 0 Å². The highest BCUT2D eigenvalue weighted by molar-refractivity contribution is 7.98. The molecule has 0 bridgehead atoms. The summed E-state index contributed by atoms with van der Waals surface area (Å²) in [6, 6.07) is 3.93. The van der Waals surface area contributed by atoms with Crippen LogP contribution in [-0.4, -0.2) is 76.0 Å². The Morgan fingerprint density at radius 2 is 1.45 bits per heavy atom. The Labute approximate surface area is 195 Å². The fourth-order valence-corrected chi connectivity index (χ4v) is 3.26. The third kappa shape index (κ3) is 10.4. The molecule has 0 fully saturated rings. The maximum Gasteiger partial charge on any atom is 0.326 e. The van der Waals surface area contributed by atoms with Gasteiger partial charge in [-0.3, -0.25) is 19.2 Å². The highest BCUT2D eigenvalue weighted by atomic mass is 32.2. The third-order valence-corrected chi connectivity index (χ3v) is 5.21. The van der Waals surface area contributed by atoms with Gasteiger partial charge < -0.3 is 31.9 Å². The Kier molecular flexibility index (Phi) is 11.9. The molecule has 3 amide bonds. The molecular weight excluding hydrogens is 452 g/mol. The molecule has 182 valence electrons. The van der Waals surface area contributed by atoms with E-state index >= 15 is 0 Å². The van der Waals surface area contributed by atoms with Gasteiger partial charge in [0.15, 0.2) is 0 Å². The van der Waals surface area contributed by atoms with Crippen molar-refractivity contribution < 1.29 is 34.2 Å². The zero-order valence-electron chi connectivity index (χ0n) is 18.4. The topological polar surface area (TPSA) is 188 Å². The minimum atomic E-state index is -1.54. The van der Waals surface area contributed by atoms with Gasteiger partial charge in [-0.05, 0) is 30.9 Å². The molecule has 33 heavy (non-hydrogen) atoms. The lowest BCUT2D eigenvalue weighted by Crippen LogP contribution is -2.57. The van der Waals surface area contributed by atoms with Crippen molar-refractivity contribution in [2.45, 2.75) is 50.4 Å². The Hall–Kier alpha value is -3.12. The highest BCUT2D eigenvalue weighted by Gasteiger charge is 2.31. The molecule has 0 saturated carbocycles. The summed E-state index contributed by atoms with van der Waals surface area (Å²) in [6.07, 6.45) is 1.19. The van der Waals surface area contributed by atoms with E-state index in [-0.39, 0.29) is 12.8 Å². The second-order valence-electron chi connectivity index (χ2n) is 7.38. The van der Waals surface area contributed by atoms with E-state index in [4.69, 9.17) is 5.73 Å². The molecule has 11 nitrogen and oxygen atoms in total. The Balaban J connectivity index is 3.04. The van der Waals surface area contributed by atoms with E-state index in [1.165, 1.54) is 18.7 Å². The smallest absolute Gasteiger partial charge is 0.326 e. The maximum absolute atomic E-state index is 12.9. The molecule has 0 spiro atoms. The summed E-state index contributed by atoms with van der Waals surface area (Å²) in [5, 5.41) is 25.6. The molecule has 0 aliphatic heterocycles. The first kappa shape index (κ1) is 27.9. The average Bonchev–Trinajstić information content (AvgIpc) is 2.75. The lowest BCUT2D eigenvalue weighted by molar-refractivity contribution is -0.143. The van der Waals surface area contributed by atoms with Crippen molar-refractivity contribution in [3.05, 3.63) is 35.9 Å². The molecule has 0 aliphatic rings. The molecule has 7 N–H and O–H groups in total. The lowest BCUT2D eigenvalue weighted by atomic mass is 10.0. The van der Waals surface area contributed by atoms with E-state index in [0.29, 0.717) is 11.3 Å². The molecule has 0 aromatic heterocycles. The zero-order chi connectivity index (χ0) is 25.0. The van der Waals surface area contributed by atoms with Crippen LogP contribution in [0.2, 0.25) is 0 Å². The van der Waals surface area contributed by atoms with Crippen LogP contribution in [0, 0.1) is 0 Å². The second-order valence-corrected chi connectivity index (χ2v) is 8.37. The molecule has 12 heteroatoms. The van der Waals surface area contributed by atoms with Gasteiger partial charge in [0.25, 0.3) is 0 Å². The van der Waals surface area contributed by atoms with Crippen molar-refractivity contribution in [2.24, 2.45) is 5.73 Å². The second kappa shape index (κ2) is 14.1. The Morgan fingerprint density at radius 1 is 0.909 bits per heavy atom. The molecule has 1 aromatic carbocycles. The van der Waals surface area contributed by atoms with Gasteiger partial charge in [-0.25, -0.2) is 4.79 Å². The Bertz CT molecular complexity index is 835. The average molecular weight is 483 g/mol. The van der Waals surface area contributed by atoms with Crippen LogP contribution in [0.5, 0.6) is 0 Å². The van der Waals surface area contributed by atoms with Gasteiger partial charge >= 0.3 is 11.9 Å². The summed E-state index contributed by atoms with van der Waals surface area (Å²) >= 11 is 1.39. The quantitative estimate of drug-likeness (QED) is 0.200. The van der Waals surface area contributed by atoms with E-state index in [1.807, 2.05) is 0 Å². The van der Waals surface area contributed by atoms with Gasteiger partial charge in [0, 0.05) is 6.42 Å². The van der Waals surface area contributed by atoms with Crippen LogP contribution in [-0.2, 0) is 30.4 Å². The molecule has 0 heterocycles. The predicted molar refractivity (Wildman–Crippen MR) is 122 cm³/mol. The normalized spacial score (nSPS) is 14.3. The van der Waals surface area contributed by atoms with Crippen molar-refractivity contribution in [1.29, 1.82) is 0 Å². The fraction of sp³-hybridized carbons (Fsp3) is 0.476. The number of benzene rings is 1. The van der Waals surface area contributed by atoms with E-state index in [2.05, 4.69) is 16.0 Å². The van der Waals surface area contributed by atoms with Gasteiger partial charge in [-0.15, -0.1) is 0 Å². The number of carbonyl (C=O) groups is 5. The van der Waals surface area contributed by atoms with Crippen LogP contribution in [0.4, 0.5) is 0 Å². The van der Waals surface area contributed by atoms with Crippen molar-refractivity contribution in [3.63, 3.8) is 0 Å². The number of carbonyl (C=O) groups excluding carboxylic acids is 3. The lowest BCUT2D eigenvalue weighted by Gasteiger charge is -2.24. The van der Waals surface area contributed by atoms with Crippen LogP contribution < -0.4 is 21.7 Å². The first-order valence-corrected chi connectivity index (χ1v) is 11.6. The number of aliphatic carboxylic acids is 2. The van der Waals surface area contributed by atoms with Crippen molar-refractivity contribution >= 4 is 41.4 Å². The maximum atomic E-state index is 12.9. The SMILES string of the molecule is CSCCC(NC(=O)C(CC(=O)O)NC(=O)C(Cc1ccccc1)NC(=O)C(C)N)C(=O)O. The Morgan fingerprint density at radius 3 is 1.97 bits per heavy atom. The van der Waals surface area contributed by atoms with Gasteiger partial charge in [0.05, 0.1) is 12.5 Å². The van der Waals surface area contributed by atoms with E-state index in [1.54, 1.807) is 36.6 Å². The molecule has 1 aromatic rings. The number of thioether (sulfide) groups is 1. The van der Waals surface area contributed by atoms with Crippen molar-refractivity contribution in [3.8, 4) is 0 Å². The molecule has 1 rings (SSSR count). The standard InChI is InChI=1S/C21H30N4O7S/c1-12(22)18(28)24-15(10-13-6-4-3-5-7-13)19(29)25-16(11-17(26)27)20(30)23-14(21(31)32)8-9-33-2/h3-7,12,14-16H,8-11,22H2,1-2H3,(H,23,30)(H,24,28)(H,25,29)(H,26,27)(H,31,32). The molecule has 4 atom stereocenters. The summed E-state index contributed by atoms with van der Waals surface area (Å²) in [5.41, 5.74) is 6.29. The van der Waals surface area contributed by atoms with Crippen LogP contribution in [0.15, 0.2) is 30.3 Å². The number of carboxylic acid groups (broad SMARTS) is 2. The van der Waals surface area contributed by atoms with Crippen LogP contribution >= 0.6 is 11.8 Å². The summed E-state index contributed by atoms with van der Waals surface area (Å²) in [7, 11) is 0. The van der Waals surface area contributed by atoms with E-state index in [9.17, 15) is 34.2 Å². The third-order valence-electron chi connectivity index (χ3n) is 4.57. The first-order valence-electron chi connectivity index (χ1n) is 10.2. The van der Waals surface area contributed by atoms with Crippen LogP contribution in [0.3, 0.4) is 0 Å². The zero-order valence-corrected chi connectivity index (χ0v) is 19.3. The number of nitrogens with two attached hydrogens (primary N) is 1. The number of hydrogen-bond donors (Lipinski definition) is 6. The first-order chi connectivity index (χ1) is 15.5. The fourth-order valence-electron chi connectivity index (χ4n) is 2.78. The van der Waals surface area contributed by atoms with Crippen LogP contribution in [0.1, 0.15) is 25.3 Å². The summed E-state index contributed by atoms with van der Waals surface area (Å²) < 4.78 is 0. The van der Waals surface area contributed by atoms with Gasteiger partial charge in [-0.2, -0.15) is 11.8 Å². The minimum absolute atomic E-state index is 0.0675. The highest BCUT2D eigenvalue weighted by Crippen LogP contribution is 2.06. The summed E-state index contributed by atoms with van der Waals surface area (Å²) in [4.78, 5) is 60.4. The molecule has 0 aliphatic carbocycles. The van der Waals surface area contributed by atoms with Gasteiger partial charge in [0.1, 0.15) is 18.1 Å². The molecule has 0 saturated heterocycles. The summed E-state index contributed by atoms with van der Waals surface area (Å²) in [6.45, 7) is 1.44. The van der Waals surface area contributed by atoms with Gasteiger partial charge in [0.2, 0.25) is 17.7 Å². The largest absolute Gasteiger partial charge is 0.481 e.